The predicted octanol–water partition coefficient (Wildman–Crippen LogP) is 2.29. The highest BCUT2D eigenvalue weighted by Crippen LogP contribution is 2.40. The van der Waals surface area contributed by atoms with Crippen LogP contribution < -0.4 is 0 Å². The van der Waals surface area contributed by atoms with Crippen LogP contribution in [0.3, 0.4) is 0 Å². The second-order valence-corrected chi connectivity index (χ2v) is 4.95. The van der Waals surface area contributed by atoms with Gasteiger partial charge < -0.3 is 14.2 Å². The number of esters is 2. The number of hydrogen-bond acceptors (Lipinski definition) is 5. The van der Waals surface area contributed by atoms with Crippen LogP contribution in [0.4, 0.5) is 0 Å². The van der Waals surface area contributed by atoms with Crippen molar-refractivity contribution in [2.45, 2.75) is 45.5 Å². The van der Waals surface area contributed by atoms with E-state index in [1.165, 1.54) is 14.0 Å². The third-order valence-corrected chi connectivity index (χ3v) is 3.86. The fraction of sp³-hybridized carbons (Fsp3) is 0.667. The molecule has 1 unspecified atom stereocenters. The summed E-state index contributed by atoms with van der Waals surface area (Å²) in [6.07, 6.45) is 0.726. The first-order valence-corrected chi connectivity index (χ1v) is 6.50. The lowest BCUT2D eigenvalue weighted by atomic mass is 10.0. The third kappa shape index (κ3) is 2.92. The smallest absolute Gasteiger partial charge is 0.341 e. The first-order chi connectivity index (χ1) is 8.35. The Balaban J connectivity index is 3.09. The monoisotopic (exact) mass is 320 g/mol. The molecule has 5 nitrogen and oxygen atoms in total. The van der Waals surface area contributed by atoms with E-state index in [1.54, 1.807) is 6.92 Å². The Labute approximate surface area is 115 Å². The van der Waals surface area contributed by atoms with E-state index in [-0.39, 0.29) is 0 Å². The summed E-state index contributed by atoms with van der Waals surface area (Å²) in [5, 5.41) is 0. The minimum absolute atomic E-state index is 0.316. The van der Waals surface area contributed by atoms with E-state index in [0.29, 0.717) is 16.5 Å². The average molecular weight is 321 g/mol. The molecule has 0 saturated carbocycles. The average Bonchev–Trinajstić information content (AvgIpc) is 2.49. The lowest BCUT2D eigenvalue weighted by Gasteiger charge is -2.21. The molecular weight excluding hydrogens is 304 g/mol. The lowest BCUT2D eigenvalue weighted by Crippen LogP contribution is -2.28. The van der Waals surface area contributed by atoms with Crippen molar-refractivity contribution in [1.82, 2.24) is 0 Å². The third-order valence-electron chi connectivity index (χ3n) is 2.71. The quantitative estimate of drug-likeness (QED) is 0.727. The molecule has 0 bridgehead atoms. The number of carbonyl (C=O) groups is 2. The van der Waals surface area contributed by atoms with E-state index in [9.17, 15) is 9.59 Å². The lowest BCUT2D eigenvalue weighted by molar-refractivity contribution is -0.183. The Bertz CT molecular complexity index is 390. The molecule has 1 aliphatic heterocycles. The standard InChI is InChI=1S/C12H17BrO5/c1-5-6-8(17-7(2)14)9-10(13)12(3,16-4)18-11(9)15/h8H,5-6H2,1-4H3/t8?,12-/m1/s1. The maximum absolute atomic E-state index is 11.9. The summed E-state index contributed by atoms with van der Waals surface area (Å²) in [4.78, 5) is 23.0. The van der Waals surface area contributed by atoms with Crippen LogP contribution in [-0.4, -0.2) is 30.9 Å². The molecule has 1 aliphatic rings. The number of rotatable bonds is 5. The Morgan fingerprint density at radius 1 is 1.56 bits per heavy atom. The van der Waals surface area contributed by atoms with Crippen LogP contribution >= 0.6 is 15.9 Å². The molecule has 2 atom stereocenters. The molecule has 0 radical (unpaired) electrons. The van der Waals surface area contributed by atoms with Crippen LogP contribution in [0, 0.1) is 0 Å². The molecule has 18 heavy (non-hydrogen) atoms. The van der Waals surface area contributed by atoms with Gasteiger partial charge in [-0.25, -0.2) is 4.79 Å². The number of carbonyl (C=O) groups excluding carboxylic acids is 2. The molecule has 0 N–H and O–H groups in total. The largest absolute Gasteiger partial charge is 0.457 e. The van der Waals surface area contributed by atoms with E-state index in [0.717, 1.165) is 6.42 Å². The predicted molar refractivity (Wildman–Crippen MR) is 67.9 cm³/mol. The highest BCUT2D eigenvalue weighted by molar-refractivity contribution is 9.11. The summed E-state index contributed by atoms with van der Waals surface area (Å²) in [6, 6.07) is 0. The van der Waals surface area contributed by atoms with Gasteiger partial charge in [0.15, 0.2) is 0 Å². The molecule has 1 heterocycles. The number of methoxy groups -OCH3 is 1. The highest BCUT2D eigenvalue weighted by Gasteiger charge is 2.46. The van der Waals surface area contributed by atoms with Crippen molar-refractivity contribution >= 4 is 27.9 Å². The maximum atomic E-state index is 11.9. The second-order valence-electron chi connectivity index (χ2n) is 4.15. The Morgan fingerprint density at radius 3 is 2.56 bits per heavy atom. The van der Waals surface area contributed by atoms with Crippen LogP contribution in [0.1, 0.15) is 33.6 Å². The van der Waals surface area contributed by atoms with E-state index < -0.39 is 23.8 Å². The number of hydrogen-bond donors (Lipinski definition) is 0. The van der Waals surface area contributed by atoms with Gasteiger partial charge in [-0.1, -0.05) is 13.3 Å². The zero-order valence-corrected chi connectivity index (χ0v) is 12.5. The zero-order valence-electron chi connectivity index (χ0n) is 10.9. The second kappa shape index (κ2) is 5.84. The summed E-state index contributed by atoms with van der Waals surface area (Å²) < 4.78 is 16.0. The van der Waals surface area contributed by atoms with Gasteiger partial charge in [-0.3, -0.25) is 4.79 Å². The van der Waals surface area contributed by atoms with Gasteiger partial charge in [0, 0.05) is 21.0 Å². The van der Waals surface area contributed by atoms with Crippen molar-refractivity contribution in [3.63, 3.8) is 0 Å². The van der Waals surface area contributed by atoms with E-state index in [2.05, 4.69) is 15.9 Å². The Hall–Kier alpha value is -0.880. The highest BCUT2D eigenvalue weighted by atomic mass is 79.9. The topological polar surface area (TPSA) is 61.8 Å². The van der Waals surface area contributed by atoms with Gasteiger partial charge in [0.2, 0.25) is 5.79 Å². The molecule has 0 aromatic carbocycles. The summed E-state index contributed by atoms with van der Waals surface area (Å²) >= 11 is 3.31. The van der Waals surface area contributed by atoms with Gasteiger partial charge in [-0.2, -0.15) is 0 Å². The van der Waals surface area contributed by atoms with Crippen molar-refractivity contribution in [3.05, 3.63) is 10.1 Å². The fourth-order valence-corrected chi connectivity index (χ4v) is 2.40. The van der Waals surface area contributed by atoms with Crippen LogP contribution in [-0.2, 0) is 23.8 Å². The van der Waals surface area contributed by atoms with Crippen LogP contribution in [0.25, 0.3) is 0 Å². The first kappa shape index (κ1) is 15.2. The summed E-state index contributed by atoms with van der Waals surface area (Å²) in [5.41, 5.74) is 0.316. The van der Waals surface area contributed by atoms with E-state index in [1.807, 2.05) is 6.92 Å². The maximum Gasteiger partial charge on any atom is 0.341 e. The van der Waals surface area contributed by atoms with Gasteiger partial charge in [0.05, 0.1) is 10.1 Å². The molecule has 1 rings (SSSR count). The van der Waals surface area contributed by atoms with Crippen molar-refractivity contribution < 1.29 is 23.8 Å². The van der Waals surface area contributed by atoms with Gasteiger partial charge in [-0.05, 0) is 22.4 Å². The van der Waals surface area contributed by atoms with Crippen LogP contribution in [0.2, 0.25) is 0 Å². The molecule has 102 valence electrons. The molecule has 0 aromatic heterocycles. The molecule has 0 amide bonds. The number of cyclic esters (lactones) is 1. The van der Waals surface area contributed by atoms with Gasteiger partial charge in [-0.15, -0.1) is 0 Å². The van der Waals surface area contributed by atoms with E-state index in [4.69, 9.17) is 14.2 Å². The van der Waals surface area contributed by atoms with Crippen LogP contribution in [0.15, 0.2) is 10.1 Å². The van der Waals surface area contributed by atoms with Gasteiger partial charge in [0.25, 0.3) is 0 Å². The molecule has 0 aromatic rings. The molecular formula is C12H17BrO5. The van der Waals surface area contributed by atoms with Crippen molar-refractivity contribution in [3.8, 4) is 0 Å². The SMILES string of the molecule is CCCC(OC(C)=O)C1=C(Br)[C@](C)(OC)OC1=O. The summed E-state index contributed by atoms with van der Waals surface area (Å²) in [5.74, 6) is -2.09. The van der Waals surface area contributed by atoms with Gasteiger partial charge in [0.1, 0.15) is 6.10 Å². The number of ether oxygens (including phenoxy) is 3. The minimum atomic E-state index is -1.14. The van der Waals surface area contributed by atoms with E-state index >= 15 is 0 Å². The molecule has 0 spiro atoms. The summed E-state index contributed by atoms with van der Waals surface area (Å²) in [7, 11) is 1.44. The molecule has 6 heteroatoms. The first-order valence-electron chi connectivity index (χ1n) is 5.71. The summed E-state index contributed by atoms with van der Waals surface area (Å²) in [6.45, 7) is 4.88. The minimum Gasteiger partial charge on any atom is -0.457 e. The van der Waals surface area contributed by atoms with Crippen LogP contribution in [0.5, 0.6) is 0 Å². The number of halogens is 1. The van der Waals surface area contributed by atoms with Crippen molar-refractivity contribution in [2.75, 3.05) is 7.11 Å². The normalized spacial score (nSPS) is 25.1. The Kier molecular flexibility index (Phi) is 4.92. The van der Waals surface area contributed by atoms with Crippen molar-refractivity contribution in [2.24, 2.45) is 0 Å². The molecule has 0 fully saturated rings. The van der Waals surface area contributed by atoms with Gasteiger partial charge >= 0.3 is 11.9 Å². The fourth-order valence-electron chi connectivity index (χ4n) is 1.74. The Morgan fingerprint density at radius 2 is 2.17 bits per heavy atom. The van der Waals surface area contributed by atoms with Crippen molar-refractivity contribution in [1.29, 1.82) is 0 Å². The zero-order chi connectivity index (χ0) is 13.9. The molecule has 0 aliphatic carbocycles. The molecule has 0 saturated heterocycles.